The van der Waals surface area contributed by atoms with Gasteiger partial charge in [-0.05, 0) is 38.2 Å². The fraction of sp³-hybridized carbons (Fsp3) is 0.474. The van der Waals surface area contributed by atoms with Crippen molar-refractivity contribution in [2.24, 2.45) is 5.92 Å². The maximum absolute atomic E-state index is 12.9. The Hall–Kier alpha value is -2.50. The largest absolute Gasteiger partial charge is 0.496 e. The Morgan fingerprint density at radius 1 is 1.24 bits per heavy atom. The number of ether oxygens (including phenoxy) is 2. The van der Waals surface area contributed by atoms with E-state index in [1.807, 2.05) is 18.2 Å². The minimum absolute atomic E-state index is 0.0660. The molecule has 0 bridgehead atoms. The van der Waals surface area contributed by atoms with Gasteiger partial charge in [0.1, 0.15) is 11.9 Å². The number of hydrogen-bond donors (Lipinski definition) is 2. The third-order valence-electron chi connectivity index (χ3n) is 4.98. The third kappa shape index (κ3) is 3.48. The minimum atomic E-state index is -0.603. The Balaban J connectivity index is 1.93. The summed E-state index contributed by atoms with van der Waals surface area (Å²) in [6, 6.07) is 6.39. The zero-order chi connectivity index (χ0) is 18.0. The van der Waals surface area contributed by atoms with Crippen LogP contribution in [0.3, 0.4) is 0 Å². The molecule has 3 rings (SSSR count). The highest BCUT2D eigenvalue weighted by atomic mass is 16.5. The number of esters is 1. The number of para-hydroxylation sites is 1. The topological polar surface area (TPSA) is 76.7 Å². The highest BCUT2D eigenvalue weighted by Crippen LogP contribution is 2.35. The Kier molecular flexibility index (Phi) is 4.97. The molecule has 2 N–H and O–H groups in total. The molecule has 134 valence electrons. The molecule has 1 saturated carbocycles. The van der Waals surface area contributed by atoms with Crippen LogP contribution in [-0.2, 0) is 9.53 Å². The van der Waals surface area contributed by atoms with Crippen molar-refractivity contribution >= 4 is 12.0 Å². The van der Waals surface area contributed by atoms with Crippen molar-refractivity contribution in [3.05, 3.63) is 41.1 Å². The van der Waals surface area contributed by atoms with Crippen LogP contribution in [0.4, 0.5) is 4.79 Å². The van der Waals surface area contributed by atoms with Gasteiger partial charge in [-0.25, -0.2) is 9.59 Å². The van der Waals surface area contributed by atoms with Crippen molar-refractivity contribution < 1.29 is 19.1 Å². The third-order valence-corrected chi connectivity index (χ3v) is 4.98. The van der Waals surface area contributed by atoms with Crippen LogP contribution in [0, 0.1) is 5.92 Å². The van der Waals surface area contributed by atoms with Crippen LogP contribution in [0.25, 0.3) is 0 Å². The fourth-order valence-corrected chi connectivity index (χ4v) is 3.59. The van der Waals surface area contributed by atoms with Crippen molar-refractivity contribution in [2.75, 3.05) is 7.11 Å². The second-order valence-electron chi connectivity index (χ2n) is 6.66. The summed E-state index contributed by atoms with van der Waals surface area (Å²) in [5.74, 6) is 0.586. The average molecular weight is 344 g/mol. The summed E-state index contributed by atoms with van der Waals surface area (Å²) in [6.45, 7) is 3.82. The molecule has 2 aliphatic rings. The lowest BCUT2D eigenvalue weighted by molar-refractivity contribution is -0.146. The number of carbonyl (C=O) groups is 2. The van der Waals surface area contributed by atoms with E-state index >= 15 is 0 Å². The molecule has 1 fully saturated rings. The number of hydrogen-bond acceptors (Lipinski definition) is 4. The van der Waals surface area contributed by atoms with Gasteiger partial charge in [0.25, 0.3) is 0 Å². The lowest BCUT2D eigenvalue weighted by Gasteiger charge is -2.30. The van der Waals surface area contributed by atoms with Gasteiger partial charge in [-0.3, -0.25) is 0 Å². The second kappa shape index (κ2) is 7.17. The van der Waals surface area contributed by atoms with E-state index in [0.29, 0.717) is 22.9 Å². The zero-order valence-electron chi connectivity index (χ0n) is 14.8. The second-order valence-corrected chi connectivity index (χ2v) is 6.66. The van der Waals surface area contributed by atoms with Crippen molar-refractivity contribution in [3.63, 3.8) is 0 Å². The van der Waals surface area contributed by atoms with E-state index in [4.69, 9.17) is 9.47 Å². The maximum Gasteiger partial charge on any atom is 0.338 e. The molecule has 6 nitrogen and oxygen atoms in total. The molecule has 1 aromatic rings. The highest BCUT2D eigenvalue weighted by Gasteiger charge is 2.36. The van der Waals surface area contributed by atoms with Gasteiger partial charge in [-0.2, -0.15) is 0 Å². The van der Waals surface area contributed by atoms with Gasteiger partial charge in [-0.15, -0.1) is 0 Å². The normalized spacial score (nSPS) is 26.0. The van der Waals surface area contributed by atoms with E-state index in [1.165, 1.54) is 0 Å². The van der Waals surface area contributed by atoms with Crippen LogP contribution < -0.4 is 15.4 Å². The highest BCUT2D eigenvalue weighted by molar-refractivity contribution is 5.95. The predicted octanol–water partition coefficient (Wildman–Crippen LogP) is 3.05. The molecular weight excluding hydrogens is 320 g/mol. The van der Waals surface area contributed by atoms with Crippen LogP contribution >= 0.6 is 0 Å². The Morgan fingerprint density at radius 2 is 2.00 bits per heavy atom. The lowest BCUT2D eigenvalue weighted by atomic mass is 9.94. The summed E-state index contributed by atoms with van der Waals surface area (Å²) < 4.78 is 11.2. The number of benzene rings is 1. The number of nitrogens with one attached hydrogen (secondary N) is 2. The summed E-state index contributed by atoms with van der Waals surface area (Å²) >= 11 is 0. The summed E-state index contributed by atoms with van der Waals surface area (Å²) in [5, 5.41) is 5.49. The SMILES string of the molecule is COc1ccccc1[C@H]1NC(=O)NC(C)=C1C(=O)O[C@H]1CCC[C@@H]1C. The van der Waals surface area contributed by atoms with Crippen LogP contribution in [0.5, 0.6) is 5.75 Å². The quantitative estimate of drug-likeness (QED) is 0.823. The first-order chi connectivity index (χ1) is 12.0. The molecule has 6 heteroatoms. The van der Waals surface area contributed by atoms with Gasteiger partial charge in [0.05, 0.1) is 18.7 Å². The van der Waals surface area contributed by atoms with Crippen molar-refractivity contribution in [2.45, 2.75) is 45.3 Å². The van der Waals surface area contributed by atoms with Gasteiger partial charge < -0.3 is 20.1 Å². The first kappa shape index (κ1) is 17.3. The molecule has 1 aliphatic heterocycles. The lowest BCUT2D eigenvalue weighted by Crippen LogP contribution is -2.45. The first-order valence-corrected chi connectivity index (χ1v) is 8.63. The Labute approximate surface area is 147 Å². The predicted molar refractivity (Wildman–Crippen MR) is 93.0 cm³/mol. The van der Waals surface area contributed by atoms with Gasteiger partial charge in [0.2, 0.25) is 0 Å². The monoisotopic (exact) mass is 344 g/mol. The molecule has 1 heterocycles. The number of rotatable bonds is 4. The molecule has 1 aliphatic carbocycles. The van der Waals surface area contributed by atoms with Crippen molar-refractivity contribution in [1.29, 1.82) is 0 Å². The summed E-state index contributed by atoms with van der Waals surface area (Å²) in [6.07, 6.45) is 2.96. The molecule has 25 heavy (non-hydrogen) atoms. The minimum Gasteiger partial charge on any atom is -0.496 e. The van der Waals surface area contributed by atoms with E-state index in [-0.39, 0.29) is 18.1 Å². The van der Waals surface area contributed by atoms with Gasteiger partial charge in [0, 0.05) is 11.3 Å². The van der Waals surface area contributed by atoms with E-state index in [9.17, 15) is 9.59 Å². The molecule has 0 aromatic heterocycles. The Bertz CT molecular complexity index is 713. The number of allylic oxidation sites excluding steroid dienone is 1. The van der Waals surface area contributed by atoms with Gasteiger partial charge >= 0.3 is 12.0 Å². The van der Waals surface area contributed by atoms with Crippen LogP contribution in [0.1, 0.15) is 44.7 Å². The number of urea groups is 1. The van der Waals surface area contributed by atoms with Crippen molar-refractivity contribution in [3.8, 4) is 5.75 Å². The molecule has 0 unspecified atom stereocenters. The fourth-order valence-electron chi connectivity index (χ4n) is 3.59. The van der Waals surface area contributed by atoms with Crippen LogP contribution in [0.2, 0.25) is 0 Å². The van der Waals surface area contributed by atoms with Crippen molar-refractivity contribution in [1.82, 2.24) is 10.6 Å². The van der Waals surface area contributed by atoms with E-state index in [1.54, 1.807) is 20.1 Å². The molecule has 0 radical (unpaired) electrons. The van der Waals surface area contributed by atoms with Crippen LogP contribution in [0.15, 0.2) is 35.5 Å². The molecular formula is C19H24N2O4. The smallest absolute Gasteiger partial charge is 0.338 e. The van der Waals surface area contributed by atoms with Crippen LogP contribution in [-0.4, -0.2) is 25.2 Å². The number of methoxy groups -OCH3 is 1. The molecule has 3 atom stereocenters. The van der Waals surface area contributed by atoms with E-state index in [0.717, 1.165) is 24.8 Å². The first-order valence-electron chi connectivity index (χ1n) is 8.63. The summed E-state index contributed by atoms with van der Waals surface area (Å²) in [7, 11) is 1.57. The standard InChI is InChI=1S/C19H24N2O4/c1-11-7-6-10-14(11)25-18(22)16-12(2)20-19(23)21-17(16)13-8-4-5-9-15(13)24-3/h4-5,8-9,11,14,17H,6-7,10H2,1-3H3,(H2,20,21,23)/t11-,14-,17+/m0/s1. The van der Waals surface area contributed by atoms with E-state index in [2.05, 4.69) is 17.6 Å². The average Bonchev–Trinajstić information content (AvgIpc) is 2.98. The molecule has 1 aromatic carbocycles. The van der Waals surface area contributed by atoms with Gasteiger partial charge in [0.15, 0.2) is 0 Å². The molecule has 0 spiro atoms. The zero-order valence-corrected chi connectivity index (χ0v) is 14.8. The summed E-state index contributed by atoms with van der Waals surface area (Å²) in [5.41, 5.74) is 1.66. The molecule has 2 amide bonds. The summed E-state index contributed by atoms with van der Waals surface area (Å²) in [4.78, 5) is 24.9. The van der Waals surface area contributed by atoms with Gasteiger partial charge in [-0.1, -0.05) is 25.1 Å². The number of carbonyl (C=O) groups excluding carboxylic acids is 2. The Morgan fingerprint density at radius 3 is 2.68 bits per heavy atom. The number of amides is 2. The maximum atomic E-state index is 12.9. The van der Waals surface area contributed by atoms with E-state index < -0.39 is 6.04 Å². The molecule has 0 saturated heterocycles.